The van der Waals surface area contributed by atoms with Crippen LogP contribution in [-0.2, 0) is 6.42 Å². The zero-order valence-electron chi connectivity index (χ0n) is 13.4. The second-order valence-corrected chi connectivity index (χ2v) is 5.54. The Bertz CT molecular complexity index is 692. The normalized spacial score (nSPS) is 14.1. The molecule has 2 rings (SSSR count). The van der Waals surface area contributed by atoms with Gasteiger partial charge in [-0.2, -0.15) is 0 Å². The third kappa shape index (κ3) is 4.12. The molecule has 1 aromatic carbocycles. The maximum Gasteiger partial charge on any atom is 0.0456 e. The van der Waals surface area contributed by atoms with Gasteiger partial charge in [0.25, 0.3) is 0 Å². The Morgan fingerprint density at radius 2 is 2.18 bits per heavy atom. The molecule has 0 saturated heterocycles. The van der Waals surface area contributed by atoms with Crippen LogP contribution in [0.5, 0.6) is 0 Å². The molecule has 0 bridgehead atoms. The smallest absolute Gasteiger partial charge is 0.0456 e. The van der Waals surface area contributed by atoms with E-state index in [9.17, 15) is 0 Å². The minimum Gasteiger partial charge on any atom is -0.384 e. The zero-order chi connectivity index (χ0) is 15.9. The van der Waals surface area contributed by atoms with Crippen LogP contribution >= 0.6 is 0 Å². The van der Waals surface area contributed by atoms with Crippen LogP contribution in [0.25, 0.3) is 10.9 Å². The predicted molar refractivity (Wildman–Crippen MR) is 95.7 cm³/mol. The summed E-state index contributed by atoms with van der Waals surface area (Å²) in [6.07, 6.45) is 8.87. The van der Waals surface area contributed by atoms with Gasteiger partial charge in [0, 0.05) is 35.4 Å². The van der Waals surface area contributed by atoms with E-state index in [0.717, 1.165) is 29.8 Å². The molecule has 0 amide bonds. The highest BCUT2D eigenvalue weighted by Gasteiger charge is 2.08. The first-order valence-electron chi connectivity index (χ1n) is 7.65. The Balaban J connectivity index is 1.95. The quantitative estimate of drug-likeness (QED) is 0.683. The summed E-state index contributed by atoms with van der Waals surface area (Å²) in [7, 11) is 0. The topological polar surface area (TPSA) is 53.8 Å². The standard InChI is InChI=1S/C19H25N3/c1-4-14(3)10-17(5-2)21-13-16(20)11-15-12-22-19-9-7-6-8-18(15)19/h4-10,12,16,21-22H,1,11,13,20H2,2-3H3/b14-10-,17-5+. The minimum absolute atomic E-state index is 0.0617. The second kappa shape index (κ2) is 7.66. The van der Waals surface area contributed by atoms with E-state index >= 15 is 0 Å². The van der Waals surface area contributed by atoms with Crippen LogP contribution in [0.1, 0.15) is 19.4 Å². The molecule has 116 valence electrons. The van der Waals surface area contributed by atoms with Crippen LogP contribution in [0.3, 0.4) is 0 Å². The van der Waals surface area contributed by atoms with E-state index in [1.807, 2.05) is 32.1 Å². The number of rotatable bonds is 7. The van der Waals surface area contributed by atoms with E-state index in [4.69, 9.17) is 5.73 Å². The number of hydrogen-bond acceptors (Lipinski definition) is 2. The van der Waals surface area contributed by atoms with Crippen LogP contribution in [-0.4, -0.2) is 17.6 Å². The largest absolute Gasteiger partial charge is 0.384 e. The van der Waals surface area contributed by atoms with E-state index in [1.54, 1.807) is 0 Å². The number of nitrogens with one attached hydrogen (secondary N) is 2. The van der Waals surface area contributed by atoms with Gasteiger partial charge in [-0.25, -0.2) is 0 Å². The number of para-hydroxylation sites is 1. The van der Waals surface area contributed by atoms with Crippen molar-refractivity contribution in [3.63, 3.8) is 0 Å². The van der Waals surface area contributed by atoms with Crippen molar-refractivity contribution in [3.05, 3.63) is 72.1 Å². The molecule has 0 saturated carbocycles. The highest BCUT2D eigenvalue weighted by molar-refractivity contribution is 5.83. The van der Waals surface area contributed by atoms with Gasteiger partial charge in [-0.3, -0.25) is 0 Å². The Morgan fingerprint density at radius 1 is 1.41 bits per heavy atom. The summed E-state index contributed by atoms with van der Waals surface area (Å²) in [5.74, 6) is 0. The van der Waals surface area contributed by atoms with E-state index in [1.165, 1.54) is 10.9 Å². The van der Waals surface area contributed by atoms with Crippen molar-refractivity contribution in [1.82, 2.24) is 10.3 Å². The summed E-state index contributed by atoms with van der Waals surface area (Å²) in [5, 5.41) is 4.65. The third-order valence-electron chi connectivity index (χ3n) is 3.74. The first-order valence-corrected chi connectivity index (χ1v) is 7.65. The molecule has 4 N–H and O–H groups in total. The lowest BCUT2D eigenvalue weighted by molar-refractivity contribution is 0.623. The van der Waals surface area contributed by atoms with Crippen LogP contribution in [0.15, 0.2) is 66.5 Å². The van der Waals surface area contributed by atoms with Gasteiger partial charge in [-0.1, -0.05) is 36.9 Å². The van der Waals surface area contributed by atoms with Crippen molar-refractivity contribution >= 4 is 10.9 Å². The Morgan fingerprint density at radius 3 is 2.91 bits per heavy atom. The molecule has 0 aliphatic heterocycles. The SMILES string of the molecule is C=C/C(C)=C\C(=C/C)NCC(N)Cc1c[nH]c2ccccc12. The lowest BCUT2D eigenvalue weighted by Gasteiger charge is -2.14. The maximum atomic E-state index is 6.28. The lowest BCUT2D eigenvalue weighted by Crippen LogP contribution is -2.35. The number of fused-ring (bicyclic) bond motifs is 1. The number of hydrogen-bond donors (Lipinski definition) is 3. The van der Waals surface area contributed by atoms with Crippen LogP contribution in [0, 0.1) is 0 Å². The number of aromatic amines is 1. The van der Waals surface area contributed by atoms with Gasteiger partial charge in [0.1, 0.15) is 0 Å². The van der Waals surface area contributed by atoms with Crippen molar-refractivity contribution in [3.8, 4) is 0 Å². The van der Waals surface area contributed by atoms with Crippen molar-refractivity contribution in [2.45, 2.75) is 26.3 Å². The fraction of sp³-hybridized carbons (Fsp3) is 0.263. The summed E-state index contributed by atoms with van der Waals surface area (Å²) >= 11 is 0. The van der Waals surface area contributed by atoms with Gasteiger partial charge in [0.15, 0.2) is 0 Å². The molecular formula is C19H25N3. The molecule has 2 aromatic rings. The zero-order valence-corrected chi connectivity index (χ0v) is 13.4. The van der Waals surface area contributed by atoms with Gasteiger partial charge in [-0.05, 0) is 43.5 Å². The second-order valence-electron chi connectivity index (χ2n) is 5.54. The molecular weight excluding hydrogens is 270 g/mol. The average molecular weight is 295 g/mol. The molecule has 22 heavy (non-hydrogen) atoms. The summed E-state index contributed by atoms with van der Waals surface area (Å²) in [6.45, 7) is 8.55. The fourth-order valence-electron chi connectivity index (χ4n) is 2.44. The highest BCUT2D eigenvalue weighted by Crippen LogP contribution is 2.18. The Labute approximate surface area is 132 Å². The number of nitrogens with two attached hydrogens (primary N) is 1. The minimum atomic E-state index is 0.0617. The summed E-state index contributed by atoms with van der Waals surface area (Å²) in [6, 6.07) is 8.38. The van der Waals surface area contributed by atoms with Crippen LogP contribution in [0.2, 0.25) is 0 Å². The molecule has 3 nitrogen and oxygen atoms in total. The van der Waals surface area contributed by atoms with E-state index in [2.05, 4.69) is 47.4 Å². The van der Waals surface area contributed by atoms with Gasteiger partial charge in [0.2, 0.25) is 0 Å². The molecule has 0 fully saturated rings. The summed E-state index contributed by atoms with van der Waals surface area (Å²) in [4.78, 5) is 3.30. The molecule has 1 atom stereocenters. The van der Waals surface area contributed by atoms with Gasteiger partial charge in [-0.15, -0.1) is 0 Å². The predicted octanol–water partition coefficient (Wildman–Crippen LogP) is 3.66. The third-order valence-corrected chi connectivity index (χ3v) is 3.74. The first kappa shape index (κ1) is 16.1. The van der Waals surface area contributed by atoms with Crippen molar-refractivity contribution in [2.24, 2.45) is 5.73 Å². The highest BCUT2D eigenvalue weighted by atomic mass is 14.9. The van der Waals surface area contributed by atoms with Gasteiger partial charge < -0.3 is 16.0 Å². The molecule has 0 spiro atoms. The number of aromatic nitrogens is 1. The molecule has 0 aliphatic rings. The number of allylic oxidation sites excluding steroid dienone is 4. The molecule has 0 radical (unpaired) electrons. The average Bonchev–Trinajstić information content (AvgIpc) is 2.94. The fourth-order valence-corrected chi connectivity index (χ4v) is 2.44. The van der Waals surface area contributed by atoms with E-state index in [0.29, 0.717) is 0 Å². The number of H-pyrrole nitrogens is 1. The lowest BCUT2D eigenvalue weighted by atomic mass is 10.1. The summed E-state index contributed by atoms with van der Waals surface area (Å²) < 4.78 is 0. The van der Waals surface area contributed by atoms with Crippen molar-refractivity contribution in [2.75, 3.05) is 6.54 Å². The molecule has 1 aromatic heterocycles. The molecule has 3 heteroatoms. The Hall–Kier alpha value is -2.26. The van der Waals surface area contributed by atoms with Gasteiger partial charge >= 0.3 is 0 Å². The molecule has 1 heterocycles. The molecule has 0 aliphatic carbocycles. The number of benzene rings is 1. The monoisotopic (exact) mass is 295 g/mol. The summed E-state index contributed by atoms with van der Waals surface area (Å²) in [5.41, 5.74) is 10.9. The van der Waals surface area contributed by atoms with Crippen molar-refractivity contribution in [1.29, 1.82) is 0 Å². The maximum absolute atomic E-state index is 6.28. The van der Waals surface area contributed by atoms with E-state index < -0.39 is 0 Å². The first-order chi connectivity index (χ1) is 10.6. The van der Waals surface area contributed by atoms with Crippen molar-refractivity contribution < 1.29 is 0 Å². The Kier molecular flexibility index (Phi) is 5.61. The molecule has 1 unspecified atom stereocenters. The van der Waals surface area contributed by atoms with Crippen LogP contribution < -0.4 is 11.1 Å². The van der Waals surface area contributed by atoms with E-state index in [-0.39, 0.29) is 6.04 Å². The van der Waals surface area contributed by atoms with Gasteiger partial charge in [0.05, 0.1) is 0 Å². The van der Waals surface area contributed by atoms with Crippen LogP contribution in [0.4, 0.5) is 0 Å².